The van der Waals surface area contributed by atoms with Gasteiger partial charge in [-0.2, -0.15) is 0 Å². The Morgan fingerprint density at radius 1 is 1.23 bits per heavy atom. The summed E-state index contributed by atoms with van der Waals surface area (Å²) in [5.74, 6) is 0.652. The molecule has 1 saturated heterocycles. The zero-order valence-electron chi connectivity index (χ0n) is 12.9. The fraction of sp³-hybridized carbons (Fsp3) is 0.412. The number of hydrogen-bond donors (Lipinski definition) is 1. The van der Waals surface area contributed by atoms with Gasteiger partial charge in [0.25, 0.3) is 0 Å². The predicted octanol–water partition coefficient (Wildman–Crippen LogP) is 2.18. The van der Waals surface area contributed by atoms with Crippen LogP contribution >= 0.6 is 0 Å². The molecular weight excluding hydrogens is 276 g/mol. The normalized spacial score (nSPS) is 20.5. The van der Waals surface area contributed by atoms with Gasteiger partial charge in [0.15, 0.2) is 0 Å². The second-order valence-corrected chi connectivity index (χ2v) is 5.64. The Morgan fingerprint density at radius 2 is 2.00 bits per heavy atom. The molecule has 2 aromatic rings. The molecule has 0 saturated carbocycles. The van der Waals surface area contributed by atoms with Gasteiger partial charge in [-0.25, -0.2) is 9.97 Å². The van der Waals surface area contributed by atoms with E-state index >= 15 is 0 Å². The van der Waals surface area contributed by atoms with Gasteiger partial charge in [-0.05, 0) is 18.6 Å². The van der Waals surface area contributed by atoms with Crippen LogP contribution in [-0.4, -0.2) is 46.7 Å². The average molecular weight is 298 g/mol. The second-order valence-electron chi connectivity index (χ2n) is 5.64. The van der Waals surface area contributed by atoms with Gasteiger partial charge in [-0.15, -0.1) is 0 Å². The van der Waals surface area contributed by atoms with E-state index in [1.165, 1.54) is 5.56 Å². The molecule has 0 spiro atoms. The first-order valence-corrected chi connectivity index (χ1v) is 7.73. The highest BCUT2D eigenvalue weighted by Crippen LogP contribution is 2.14. The molecule has 0 amide bonds. The Morgan fingerprint density at radius 3 is 2.77 bits per heavy atom. The lowest BCUT2D eigenvalue weighted by Gasteiger charge is -2.36. The van der Waals surface area contributed by atoms with Gasteiger partial charge in [0.2, 0.25) is 5.95 Å². The van der Waals surface area contributed by atoms with E-state index in [0.717, 1.165) is 26.2 Å². The van der Waals surface area contributed by atoms with Crippen LogP contribution in [0.25, 0.3) is 0 Å². The number of rotatable bonds is 5. The standard InChI is InChI=1S/C17H22N4O/c1-14(20-17-18-8-5-9-19-17)16-13-21(10-11-22-16)12-15-6-3-2-4-7-15/h2-9,14,16H,10-13H2,1H3,(H,18,19,20)/t14-,16-/m1/s1. The number of aromatic nitrogens is 2. The smallest absolute Gasteiger partial charge is 0.222 e. The molecular formula is C17H22N4O. The van der Waals surface area contributed by atoms with Crippen LogP contribution in [0, 0.1) is 0 Å². The van der Waals surface area contributed by atoms with Crippen LogP contribution in [0.3, 0.4) is 0 Å². The number of morpholine rings is 1. The molecule has 0 unspecified atom stereocenters. The third-order valence-corrected chi connectivity index (χ3v) is 3.91. The van der Waals surface area contributed by atoms with Gasteiger partial charge in [0.05, 0.1) is 18.8 Å². The second kappa shape index (κ2) is 7.33. The van der Waals surface area contributed by atoms with Gasteiger partial charge in [0, 0.05) is 32.0 Å². The lowest BCUT2D eigenvalue weighted by atomic mass is 10.1. The van der Waals surface area contributed by atoms with Crippen LogP contribution < -0.4 is 5.32 Å². The maximum Gasteiger partial charge on any atom is 0.222 e. The fourth-order valence-electron chi connectivity index (χ4n) is 2.69. The molecule has 0 aliphatic carbocycles. The number of anilines is 1. The summed E-state index contributed by atoms with van der Waals surface area (Å²) in [5.41, 5.74) is 1.34. The Bertz CT molecular complexity index is 524. The van der Waals surface area contributed by atoms with Crippen LogP contribution in [0.15, 0.2) is 48.8 Å². The molecule has 0 bridgehead atoms. The van der Waals surface area contributed by atoms with Crippen molar-refractivity contribution in [3.05, 3.63) is 54.4 Å². The minimum Gasteiger partial charge on any atom is -0.373 e. The first kappa shape index (κ1) is 14.9. The van der Waals surface area contributed by atoms with Crippen molar-refractivity contribution in [3.8, 4) is 0 Å². The summed E-state index contributed by atoms with van der Waals surface area (Å²) >= 11 is 0. The van der Waals surface area contributed by atoms with Crippen molar-refractivity contribution in [3.63, 3.8) is 0 Å². The van der Waals surface area contributed by atoms with E-state index in [2.05, 4.69) is 57.4 Å². The molecule has 5 heteroatoms. The Labute approximate surface area is 131 Å². The lowest BCUT2D eigenvalue weighted by molar-refractivity contribution is -0.0374. The zero-order valence-corrected chi connectivity index (χ0v) is 12.9. The van der Waals surface area contributed by atoms with Crippen molar-refractivity contribution in [2.24, 2.45) is 0 Å². The van der Waals surface area contributed by atoms with Crippen molar-refractivity contribution in [1.29, 1.82) is 0 Å². The molecule has 22 heavy (non-hydrogen) atoms. The molecule has 3 rings (SSSR count). The summed E-state index contributed by atoms with van der Waals surface area (Å²) in [4.78, 5) is 10.9. The predicted molar refractivity (Wildman–Crippen MR) is 86.6 cm³/mol. The lowest BCUT2D eigenvalue weighted by Crippen LogP contribution is -2.48. The number of nitrogens with one attached hydrogen (secondary N) is 1. The highest BCUT2D eigenvalue weighted by molar-refractivity contribution is 5.24. The Hall–Kier alpha value is -1.98. The molecule has 116 valence electrons. The van der Waals surface area contributed by atoms with E-state index in [-0.39, 0.29) is 12.1 Å². The number of ether oxygens (including phenoxy) is 1. The van der Waals surface area contributed by atoms with Gasteiger partial charge >= 0.3 is 0 Å². The van der Waals surface area contributed by atoms with Crippen molar-refractivity contribution >= 4 is 5.95 Å². The first-order chi connectivity index (χ1) is 10.8. The van der Waals surface area contributed by atoms with E-state index < -0.39 is 0 Å². The molecule has 2 atom stereocenters. The van der Waals surface area contributed by atoms with Crippen molar-refractivity contribution in [2.75, 3.05) is 25.0 Å². The van der Waals surface area contributed by atoms with Crippen LogP contribution in [0.2, 0.25) is 0 Å². The SMILES string of the molecule is C[C@@H](Nc1ncccn1)[C@H]1CN(Cc2ccccc2)CCO1. The Kier molecular flexibility index (Phi) is 4.98. The maximum atomic E-state index is 5.92. The van der Waals surface area contributed by atoms with Crippen molar-refractivity contribution in [1.82, 2.24) is 14.9 Å². The summed E-state index contributed by atoms with van der Waals surface area (Å²) in [6.45, 7) is 5.73. The van der Waals surface area contributed by atoms with Crippen molar-refractivity contribution < 1.29 is 4.74 Å². The third-order valence-electron chi connectivity index (χ3n) is 3.91. The monoisotopic (exact) mass is 298 g/mol. The minimum atomic E-state index is 0.140. The number of nitrogens with zero attached hydrogens (tertiary/aromatic N) is 3. The van der Waals surface area contributed by atoms with Crippen LogP contribution in [0.1, 0.15) is 12.5 Å². The molecule has 1 N–H and O–H groups in total. The maximum absolute atomic E-state index is 5.92. The van der Waals surface area contributed by atoms with Gasteiger partial charge in [0.1, 0.15) is 0 Å². The molecule has 1 fully saturated rings. The summed E-state index contributed by atoms with van der Waals surface area (Å²) in [6, 6.07) is 12.6. The highest BCUT2D eigenvalue weighted by Gasteiger charge is 2.25. The third kappa shape index (κ3) is 4.02. The molecule has 2 heterocycles. The first-order valence-electron chi connectivity index (χ1n) is 7.73. The van der Waals surface area contributed by atoms with E-state index in [1.807, 2.05) is 6.07 Å². The van der Waals surface area contributed by atoms with Crippen LogP contribution in [-0.2, 0) is 11.3 Å². The number of benzene rings is 1. The Balaban J connectivity index is 1.56. The van der Waals surface area contributed by atoms with Crippen LogP contribution in [0.5, 0.6) is 0 Å². The van der Waals surface area contributed by atoms with E-state index in [0.29, 0.717) is 5.95 Å². The summed E-state index contributed by atoms with van der Waals surface area (Å²) in [6.07, 6.45) is 3.62. The zero-order chi connectivity index (χ0) is 15.2. The molecule has 1 aliphatic rings. The average Bonchev–Trinajstić information content (AvgIpc) is 2.57. The van der Waals surface area contributed by atoms with Crippen molar-refractivity contribution in [2.45, 2.75) is 25.6 Å². The summed E-state index contributed by atoms with van der Waals surface area (Å²) in [7, 11) is 0. The molecule has 1 aromatic heterocycles. The van der Waals surface area contributed by atoms with E-state index in [4.69, 9.17) is 4.74 Å². The summed E-state index contributed by atoms with van der Waals surface area (Å²) in [5, 5.41) is 3.32. The fourth-order valence-corrected chi connectivity index (χ4v) is 2.69. The molecule has 1 aliphatic heterocycles. The highest BCUT2D eigenvalue weighted by atomic mass is 16.5. The van der Waals surface area contributed by atoms with Gasteiger partial charge in [-0.1, -0.05) is 30.3 Å². The van der Waals surface area contributed by atoms with E-state index in [1.54, 1.807) is 12.4 Å². The molecule has 1 aromatic carbocycles. The van der Waals surface area contributed by atoms with E-state index in [9.17, 15) is 0 Å². The number of hydrogen-bond acceptors (Lipinski definition) is 5. The molecule has 0 radical (unpaired) electrons. The quantitative estimate of drug-likeness (QED) is 0.917. The van der Waals surface area contributed by atoms with Crippen LogP contribution in [0.4, 0.5) is 5.95 Å². The van der Waals surface area contributed by atoms with Gasteiger partial charge < -0.3 is 10.1 Å². The van der Waals surface area contributed by atoms with Gasteiger partial charge in [-0.3, -0.25) is 4.90 Å². The minimum absolute atomic E-state index is 0.140. The summed E-state index contributed by atoms with van der Waals surface area (Å²) < 4.78 is 5.92. The largest absolute Gasteiger partial charge is 0.373 e. The molecule has 5 nitrogen and oxygen atoms in total. The topological polar surface area (TPSA) is 50.3 Å².